The minimum Gasteiger partial charge on any atom is -0.366 e. The Kier molecular flexibility index (Phi) is 4.35. The molecule has 0 unspecified atom stereocenters. The van der Waals surface area contributed by atoms with Gasteiger partial charge in [-0.25, -0.2) is 13.6 Å². The molecule has 2 aromatic rings. The molecule has 1 aromatic carbocycles. The number of benzene rings is 1. The van der Waals surface area contributed by atoms with Gasteiger partial charge in [-0.15, -0.1) is 0 Å². The van der Waals surface area contributed by atoms with Crippen molar-refractivity contribution < 1.29 is 17.9 Å². The number of nitrogens with two attached hydrogens (primary N) is 1. The Hall–Kier alpha value is -2.53. The first-order valence-electron chi connectivity index (χ1n) is 8.73. The summed E-state index contributed by atoms with van der Waals surface area (Å²) >= 11 is 0. The van der Waals surface area contributed by atoms with Crippen LogP contribution >= 0.6 is 0 Å². The number of nitro benzene ring substituents is 1. The molecule has 27 heavy (non-hydrogen) atoms. The van der Waals surface area contributed by atoms with Gasteiger partial charge in [0, 0.05) is 24.9 Å². The molecule has 1 aromatic heterocycles. The van der Waals surface area contributed by atoms with Crippen LogP contribution in [0.25, 0.3) is 0 Å². The Morgan fingerprint density at radius 2 is 1.89 bits per heavy atom. The van der Waals surface area contributed by atoms with Crippen LogP contribution in [0.4, 0.5) is 11.4 Å². The lowest BCUT2D eigenvalue weighted by Crippen LogP contribution is -2.34. The van der Waals surface area contributed by atoms with Crippen molar-refractivity contribution in [1.29, 1.82) is 0 Å². The Bertz CT molecular complexity index is 977. The van der Waals surface area contributed by atoms with Gasteiger partial charge in [0.1, 0.15) is 5.69 Å². The van der Waals surface area contributed by atoms with Crippen molar-refractivity contribution in [2.75, 3.05) is 18.0 Å². The van der Waals surface area contributed by atoms with E-state index in [0.717, 1.165) is 18.9 Å². The van der Waals surface area contributed by atoms with Crippen LogP contribution in [-0.4, -0.2) is 36.6 Å². The lowest BCUT2D eigenvalue weighted by Gasteiger charge is -2.32. The number of para-hydroxylation sites is 1. The van der Waals surface area contributed by atoms with Gasteiger partial charge < -0.3 is 9.42 Å². The number of anilines is 1. The summed E-state index contributed by atoms with van der Waals surface area (Å²) in [6.07, 6.45) is 3.56. The van der Waals surface area contributed by atoms with Crippen molar-refractivity contribution >= 4 is 21.4 Å². The molecule has 4 rings (SSSR count). The molecule has 0 atom stereocenters. The summed E-state index contributed by atoms with van der Waals surface area (Å²) in [6, 6.07) is 4.17. The molecule has 11 heteroatoms. The molecule has 0 bridgehead atoms. The zero-order valence-electron chi connectivity index (χ0n) is 14.4. The normalized spacial score (nSPS) is 18.6. The number of hydrogen-bond donors (Lipinski definition) is 1. The minimum atomic E-state index is -4.19. The molecule has 2 aliphatic rings. The predicted molar refractivity (Wildman–Crippen MR) is 94.9 cm³/mol. The molecule has 2 fully saturated rings. The number of aromatic nitrogens is 2. The summed E-state index contributed by atoms with van der Waals surface area (Å²) < 4.78 is 28.8. The van der Waals surface area contributed by atoms with Gasteiger partial charge in [0.05, 0.1) is 4.92 Å². The van der Waals surface area contributed by atoms with Gasteiger partial charge in [-0.2, -0.15) is 4.98 Å². The molecule has 0 radical (unpaired) electrons. The first-order chi connectivity index (χ1) is 12.8. The number of nitro groups is 1. The molecule has 1 aliphatic carbocycles. The zero-order valence-corrected chi connectivity index (χ0v) is 15.3. The molecule has 2 N–H and O–H groups in total. The van der Waals surface area contributed by atoms with E-state index in [4.69, 9.17) is 9.66 Å². The van der Waals surface area contributed by atoms with Crippen LogP contribution in [0.5, 0.6) is 0 Å². The number of nitrogens with zero attached hydrogens (tertiary/aromatic N) is 4. The van der Waals surface area contributed by atoms with E-state index in [-0.39, 0.29) is 11.6 Å². The van der Waals surface area contributed by atoms with Crippen molar-refractivity contribution in [3.05, 3.63) is 40.0 Å². The average Bonchev–Trinajstić information content (AvgIpc) is 3.37. The van der Waals surface area contributed by atoms with Gasteiger partial charge in [0.25, 0.3) is 0 Å². The number of piperidine rings is 1. The molecule has 1 saturated heterocycles. The van der Waals surface area contributed by atoms with Crippen LogP contribution < -0.4 is 10.0 Å². The third-order valence-electron chi connectivity index (χ3n) is 5.05. The van der Waals surface area contributed by atoms with Gasteiger partial charge in [-0.05, 0) is 37.8 Å². The molecule has 0 spiro atoms. The van der Waals surface area contributed by atoms with E-state index in [2.05, 4.69) is 10.1 Å². The highest BCUT2D eigenvalue weighted by Gasteiger charge is 2.34. The highest BCUT2D eigenvalue weighted by molar-refractivity contribution is 7.89. The number of sulfonamides is 1. The van der Waals surface area contributed by atoms with Crippen LogP contribution in [0.2, 0.25) is 0 Å². The average molecular weight is 393 g/mol. The van der Waals surface area contributed by atoms with Crippen LogP contribution in [0.1, 0.15) is 49.2 Å². The first kappa shape index (κ1) is 17.9. The maximum absolute atomic E-state index is 11.7. The topological polar surface area (TPSA) is 145 Å². The second-order valence-corrected chi connectivity index (χ2v) is 8.48. The Morgan fingerprint density at radius 3 is 2.48 bits per heavy atom. The summed E-state index contributed by atoms with van der Waals surface area (Å²) in [4.78, 5) is 16.6. The van der Waals surface area contributed by atoms with Gasteiger partial charge in [-0.3, -0.25) is 10.1 Å². The Balaban J connectivity index is 1.54. The molecular weight excluding hydrogens is 374 g/mol. The van der Waals surface area contributed by atoms with E-state index in [1.165, 1.54) is 6.07 Å². The summed E-state index contributed by atoms with van der Waals surface area (Å²) in [5.41, 5.74) is -0.217. The molecular formula is C16H19N5O5S. The summed E-state index contributed by atoms with van der Waals surface area (Å²) in [5.74, 6) is 1.90. The van der Waals surface area contributed by atoms with Crippen molar-refractivity contribution in [2.45, 2.75) is 42.4 Å². The number of rotatable bonds is 5. The van der Waals surface area contributed by atoms with Crippen LogP contribution in [-0.2, 0) is 10.0 Å². The Labute approximate surface area is 155 Å². The van der Waals surface area contributed by atoms with Crippen molar-refractivity contribution in [2.24, 2.45) is 5.14 Å². The maximum Gasteiger partial charge on any atom is 0.312 e. The van der Waals surface area contributed by atoms with E-state index >= 15 is 0 Å². The maximum atomic E-state index is 11.7. The minimum absolute atomic E-state index is 0.123. The zero-order chi connectivity index (χ0) is 19.2. The SMILES string of the molecule is NS(=O)(=O)c1cccc(N2CCC(c3noc(C4CC4)n3)CC2)c1[N+](=O)[O-]. The van der Waals surface area contributed by atoms with Crippen molar-refractivity contribution in [3.8, 4) is 0 Å². The van der Waals surface area contributed by atoms with Crippen LogP contribution in [0.15, 0.2) is 27.6 Å². The predicted octanol–water partition coefficient (Wildman–Crippen LogP) is 1.89. The quantitative estimate of drug-likeness (QED) is 0.598. The summed E-state index contributed by atoms with van der Waals surface area (Å²) in [6.45, 7) is 1.04. The number of hydrogen-bond acceptors (Lipinski definition) is 8. The van der Waals surface area contributed by atoms with Gasteiger partial charge in [0.2, 0.25) is 15.9 Å². The highest BCUT2D eigenvalue weighted by Crippen LogP contribution is 2.40. The highest BCUT2D eigenvalue weighted by atomic mass is 32.2. The molecule has 10 nitrogen and oxygen atoms in total. The second kappa shape index (κ2) is 6.57. The molecule has 144 valence electrons. The van der Waals surface area contributed by atoms with Crippen molar-refractivity contribution in [3.63, 3.8) is 0 Å². The molecule has 1 aliphatic heterocycles. The fourth-order valence-corrected chi connectivity index (χ4v) is 4.18. The third-order valence-corrected chi connectivity index (χ3v) is 5.99. The summed E-state index contributed by atoms with van der Waals surface area (Å²) in [7, 11) is -4.19. The van der Waals surface area contributed by atoms with E-state index in [0.29, 0.717) is 43.6 Å². The Morgan fingerprint density at radius 1 is 1.19 bits per heavy atom. The van der Waals surface area contributed by atoms with E-state index < -0.39 is 25.5 Å². The monoisotopic (exact) mass is 393 g/mol. The summed E-state index contributed by atoms with van der Waals surface area (Å²) in [5, 5.41) is 20.7. The largest absolute Gasteiger partial charge is 0.366 e. The van der Waals surface area contributed by atoms with Crippen LogP contribution in [0, 0.1) is 10.1 Å². The third kappa shape index (κ3) is 3.52. The van der Waals surface area contributed by atoms with E-state index in [1.807, 2.05) is 4.90 Å². The lowest BCUT2D eigenvalue weighted by molar-refractivity contribution is -0.387. The van der Waals surface area contributed by atoms with Gasteiger partial charge in [0.15, 0.2) is 10.7 Å². The second-order valence-electron chi connectivity index (χ2n) is 6.95. The molecule has 1 saturated carbocycles. The molecule has 2 heterocycles. The lowest BCUT2D eigenvalue weighted by atomic mass is 9.95. The van der Waals surface area contributed by atoms with Gasteiger partial charge in [-0.1, -0.05) is 11.2 Å². The fraction of sp³-hybridized carbons (Fsp3) is 0.500. The standard InChI is InChI=1S/C16H19N5O5S/c17-27(24,25)13-3-1-2-12(14(13)21(22)23)20-8-6-10(7-9-20)15-18-16(26-19-15)11-4-5-11/h1-3,10-11H,4-9H2,(H2,17,24,25). The number of primary sulfonamides is 1. The fourth-order valence-electron chi connectivity index (χ4n) is 3.47. The van der Waals surface area contributed by atoms with E-state index in [1.54, 1.807) is 6.07 Å². The van der Waals surface area contributed by atoms with Gasteiger partial charge >= 0.3 is 5.69 Å². The molecule has 0 amide bonds. The van der Waals surface area contributed by atoms with Crippen LogP contribution in [0.3, 0.4) is 0 Å². The smallest absolute Gasteiger partial charge is 0.312 e. The van der Waals surface area contributed by atoms with E-state index in [9.17, 15) is 18.5 Å². The first-order valence-corrected chi connectivity index (χ1v) is 10.3. The van der Waals surface area contributed by atoms with Crippen molar-refractivity contribution in [1.82, 2.24) is 10.1 Å².